The number of nitrogens with zero attached hydrogens (tertiary/aromatic N) is 4. The van der Waals surface area contributed by atoms with Gasteiger partial charge in [0.15, 0.2) is 5.65 Å². The molecule has 2 aromatic heterocycles. The van der Waals surface area contributed by atoms with Crippen LogP contribution in [-0.2, 0) is 10.2 Å². The third kappa shape index (κ3) is 2.55. The maximum Gasteiger partial charge on any atom is 0.309 e. The minimum atomic E-state index is -3.79. The van der Waals surface area contributed by atoms with Gasteiger partial charge in [0, 0.05) is 19.5 Å². The van der Waals surface area contributed by atoms with Crippen LogP contribution in [0.15, 0.2) is 30.3 Å². The van der Waals surface area contributed by atoms with Gasteiger partial charge in [-0.2, -0.15) is 12.7 Å². The average molecular weight is 384 g/mol. The maximum absolute atomic E-state index is 13.0. The molecule has 4 aromatic rings. The molecule has 0 unspecified atom stereocenters. The predicted molar refractivity (Wildman–Crippen MR) is 107 cm³/mol. The zero-order valence-electron chi connectivity index (χ0n) is 15.8. The zero-order valence-corrected chi connectivity index (χ0v) is 16.6. The lowest BCUT2D eigenvalue weighted by Gasteiger charge is -2.14. The summed E-state index contributed by atoms with van der Waals surface area (Å²) in [4.78, 5) is 9.43. The lowest BCUT2D eigenvalue weighted by molar-refractivity contribution is 0.415. The fourth-order valence-electron chi connectivity index (χ4n) is 3.14. The molecule has 0 spiro atoms. The summed E-state index contributed by atoms with van der Waals surface area (Å²) in [5, 5.41) is 0.683. The van der Waals surface area contributed by atoms with Gasteiger partial charge in [-0.25, -0.2) is 13.9 Å². The third-order valence-electron chi connectivity index (χ3n) is 4.82. The van der Waals surface area contributed by atoms with E-state index >= 15 is 0 Å². The molecule has 0 saturated heterocycles. The Hall–Kier alpha value is -2.71. The Labute approximate surface area is 157 Å². The van der Waals surface area contributed by atoms with Crippen LogP contribution in [0, 0.1) is 13.8 Å². The van der Waals surface area contributed by atoms with E-state index in [4.69, 9.17) is 9.72 Å². The second-order valence-corrected chi connectivity index (χ2v) is 8.75. The van der Waals surface area contributed by atoms with Crippen molar-refractivity contribution < 1.29 is 13.2 Å². The fourth-order valence-corrected chi connectivity index (χ4v) is 4.22. The maximum atomic E-state index is 13.0. The van der Waals surface area contributed by atoms with E-state index in [-0.39, 0.29) is 0 Å². The van der Waals surface area contributed by atoms with Crippen LogP contribution in [0.5, 0.6) is 5.75 Å². The highest BCUT2D eigenvalue weighted by Gasteiger charge is 2.25. The van der Waals surface area contributed by atoms with Crippen molar-refractivity contribution in [3.05, 3.63) is 41.5 Å². The van der Waals surface area contributed by atoms with E-state index in [2.05, 4.69) is 4.98 Å². The van der Waals surface area contributed by atoms with Crippen LogP contribution in [0.1, 0.15) is 11.1 Å². The van der Waals surface area contributed by atoms with Crippen molar-refractivity contribution in [2.75, 3.05) is 21.2 Å². The minimum absolute atomic E-state index is 0.308. The van der Waals surface area contributed by atoms with Crippen LogP contribution >= 0.6 is 0 Å². The number of fused-ring (bicyclic) bond motifs is 4. The molecule has 2 heterocycles. The van der Waals surface area contributed by atoms with Crippen LogP contribution in [0.25, 0.3) is 33.1 Å². The first kappa shape index (κ1) is 17.7. The van der Waals surface area contributed by atoms with Crippen molar-refractivity contribution in [3.8, 4) is 5.75 Å². The number of methoxy groups -OCH3 is 1. The molecule has 4 rings (SSSR count). The van der Waals surface area contributed by atoms with E-state index in [1.54, 1.807) is 25.3 Å². The number of benzene rings is 2. The molecule has 140 valence electrons. The normalized spacial score (nSPS) is 12.5. The van der Waals surface area contributed by atoms with Crippen molar-refractivity contribution in [3.63, 3.8) is 0 Å². The number of hydrogen-bond donors (Lipinski definition) is 0. The Kier molecular flexibility index (Phi) is 3.87. The summed E-state index contributed by atoms with van der Waals surface area (Å²) >= 11 is 0. The highest BCUT2D eigenvalue weighted by Crippen LogP contribution is 2.33. The van der Waals surface area contributed by atoms with E-state index < -0.39 is 10.2 Å². The molecule has 0 bridgehead atoms. The zero-order chi connectivity index (χ0) is 19.5. The van der Waals surface area contributed by atoms with Gasteiger partial charge in [0.25, 0.3) is 0 Å². The predicted octanol–water partition coefficient (Wildman–Crippen LogP) is 3.02. The molecular weight excluding hydrogens is 364 g/mol. The van der Waals surface area contributed by atoms with Crippen molar-refractivity contribution >= 4 is 43.3 Å². The Balaban J connectivity index is 2.25. The summed E-state index contributed by atoms with van der Waals surface area (Å²) in [7, 11) is 0.784. The summed E-state index contributed by atoms with van der Waals surface area (Å²) in [5.41, 5.74) is 4.94. The molecule has 2 aromatic carbocycles. The Morgan fingerprint density at radius 1 is 1.00 bits per heavy atom. The minimum Gasteiger partial charge on any atom is -0.497 e. The van der Waals surface area contributed by atoms with Crippen molar-refractivity contribution in [2.24, 2.45) is 0 Å². The monoisotopic (exact) mass is 384 g/mol. The highest BCUT2D eigenvalue weighted by atomic mass is 32.2. The number of hydrogen-bond acceptors (Lipinski definition) is 5. The van der Waals surface area contributed by atoms with E-state index in [9.17, 15) is 8.42 Å². The molecule has 0 N–H and O–H groups in total. The van der Waals surface area contributed by atoms with Crippen LogP contribution in [-0.4, -0.2) is 47.9 Å². The van der Waals surface area contributed by atoms with E-state index in [1.807, 2.05) is 26.0 Å². The first-order valence-electron chi connectivity index (χ1n) is 8.44. The molecule has 0 radical (unpaired) electrons. The standard InChI is InChI=1S/C19H20N4O3S/c1-11-8-15-16(9-12(11)2)21-19-18(20-15)14-10-13(26-5)6-7-17(14)23(19)27(24,25)22(3)4/h6-10H,1-5H3. The van der Waals surface area contributed by atoms with Gasteiger partial charge in [-0.05, 0) is 55.3 Å². The van der Waals surface area contributed by atoms with Gasteiger partial charge < -0.3 is 4.74 Å². The first-order chi connectivity index (χ1) is 12.7. The van der Waals surface area contributed by atoms with Crippen LogP contribution in [0.2, 0.25) is 0 Å². The first-order valence-corrected chi connectivity index (χ1v) is 9.84. The summed E-state index contributed by atoms with van der Waals surface area (Å²) in [6, 6.07) is 9.15. The lowest BCUT2D eigenvalue weighted by Crippen LogP contribution is -2.28. The number of aryl methyl sites for hydroxylation is 2. The summed E-state index contributed by atoms with van der Waals surface area (Å²) in [6.45, 7) is 4.01. The number of aromatic nitrogens is 3. The molecule has 7 nitrogen and oxygen atoms in total. The van der Waals surface area contributed by atoms with Gasteiger partial charge in [0.2, 0.25) is 0 Å². The smallest absolute Gasteiger partial charge is 0.309 e. The van der Waals surface area contributed by atoms with Crippen molar-refractivity contribution in [1.82, 2.24) is 18.2 Å². The molecule has 8 heteroatoms. The Bertz CT molecular complexity index is 1320. The summed E-state index contributed by atoms with van der Waals surface area (Å²) < 4.78 is 33.8. The topological polar surface area (TPSA) is 77.3 Å². The molecule has 0 atom stereocenters. The SMILES string of the molecule is COc1ccc2c(c1)c1nc3cc(C)c(C)cc3nc1n2S(=O)(=O)N(C)C. The molecule has 0 aliphatic heterocycles. The van der Waals surface area contributed by atoms with Gasteiger partial charge in [0.1, 0.15) is 11.3 Å². The lowest BCUT2D eigenvalue weighted by atomic mass is 10.1. The molecule has 0 fully saturated rings. The molecule has 0 saturated carbocycles. The van der Waals surface area contributed by atoms with Gasteiger partial charge in [0.05, 0.1) is 23.7 Å². The van der Waals surface area contributed by atoms with Crippen LogP contribution in [0.4, 0.5) is 0 Å². The van der Waals surface area contributed by atoms with E-state index in [1.165, 1.54) is 22.4 Å². The molecular formula is C19H20N4O3S. The third-order valence-corrected chi connectivity index (χ3v) is 6.58. The molecule has 27 heavy (non-hydrogen) atoms. The average Bonchev–Trinajstić information content (AvgIpc) is 2.94. The Morgan fingerprint density at radius 2 is 1.63 bits per heavy atom. The molecule has 0 aliphatic rings. The van der Waals surface area contributed by atoms with Crippen LogP contribution < -0.4 is 4.74 Å². The van der Waals surface area contributed by atoms with Crippen LogP contribution in [0.3, 0.4) is 0 Å². The summed E-state index contributed by atoms with van der Waals surface area (Å²) in [6.07, 6.45) is 0. The molecule has 0 amide bonds. The van der Waals surface area contributed by atoms with Gasteiger partial charge in [-0.15, -0.1) is 0 Å². The number of rotatable bonds is 3. The largest absolute Gasteiger partial charge is 0.497 e. The highest BCUT2D eigenvalue weighted by molar-refractivity contribution is 7.87. The van der Waals surface area contributed by atoms with E-state index in [0.717, 1.165) is 16.6 Å². The second kappa shape index (κ2) is 5.90. The Morgan fingerprint density at radius 3 is 2.22 bits per heavy atom. The van der Waals surface area contributed by atoms with Gasteiger partial charge in [-0.3, -0.25) is 0 Å². The second-order valence-electron chi connectivity index (χ2n) is 6.76. The van der Waals surface area contributed by atoms with Crippen molar-refractivity contribution in [1.29, 1.82) is 0 Å². The van der Waals surface area contributed by atoms with Crippen molar-refractivity contribution in [2.45, 2.75) is 13.8 Å². The van der Waals surface area contributed by atoms with E-state index in [0.29, 0.717) is 33.3 Å². The number of ether oxygens (including phenoxy) is 1. The van der Waals surface area contributed by atoms with Gasteiger partial charge in [-0.1, -0.05) is 0 Å². The van der Waals surface area contributed by atoms with Gasteiger partial charge >= 0.3 is 10.2 Å². The molecule has 0 aliphatic carbocycles. The quantitative estimate of drug-likeness (QED) is 0.543. The summed E-state index contributed by atoms with van der Waals surface area (Å²) in [5.74, 6) is 0.630. The fraction of sp³-hybridized carbons (Fsp3) is 0.263.